The Hall–Kier alpha value is -1.31. The molecule has 1 amide bonds. The lowest BCUT2D eigenvalue weighted by atomic mass is 9.90. The minimum Gasteiger partial charge on any atom is -0.342 e. The fourth-order valence-corrected chi connectivity index (χ4v) is 2.75. The van der Waals surface area contributed by atoms with Crippen LogP contribution in [0, 0.1) is 0 Å². The van der Waals surface area contributed by atoms with Gasteiger partial charge < -0.3 is 4.90 Å². The van der Waals surface area contributed by atoms with Gasteiger partial charge in [-0.1, -0.05) is 18.2 Å². The van der Waals surface area contributed by atoms with Crippen molar-refractivity contribution in [2.45, 2.75) is 38.5 Å². The molecule has 2 nitrogen and oxygen atoms in total. The van der Waals surface area contributed by atoms with Crippen LogP contribution in [0.25, 0.3) is 0 Å². The highest BCUT2D eigenvalue weighted by Crippen LogP contribution is 2.22. The van der Waals surface area contributed by atoms with Gasteiger partial charge in [0, 0.05) is 13.1 Å². The van der Waals surface area contributed by atoms with Crippen LogP contribution < -0.4 is 0 Å². The molecule has 1 saturated heterocycles. The van der Waals surface area contributed by atoms with E-state index in [9.17, 15) is 4.79 Å². The van der Waals surface area contributed by atoms with Crippen LogP contribution in [0.1, 0.15) is 36.0 Å². The number of hydrogen-bond donors (Lipinski definition) is 0. The topological polar surface area (TPSA) is 20.3 Å². The number of nitrogens with zero attached hydrogens (tertiary/aromatic N) is 1. The molecule has 2 heteroatoms. The van der Waals surface area contributed by atoms with Crippen molar-refractivity contribution in [2.75, 3.05) is 13.1 Å². The molecule has 0 spiro atoms. The Morgan fingerprint density at radius 3 is 2.53 bits per heavy atom. The molecule has 0 N–H and O–H groups in total. The zero-order valence-electron chi connectivity index (χ0n) is 10.2. The van der Waals surface area contributed by atoms with Gasteiger partial charge in [-0.05, 0) is 48.8 Å². The van der Waals surface area contributed by atoms with E-state index in [1.165, 1.54) is 48.8 Å². The number of carbonyl (C=O) groups is 1. The maximum Gasteiger partial charge on any atom is 0.226 e. The normalized spacial score (nSPS) is 18.5. The zero-order chi connectivity index (χ0) is 11.7. The minimum atomic E-state index is 0.298. The monoisotopic (exact) mass is 229 g/mol. The second-order valence-electron chi connectivity index (χ2n) is 5.22. The SMILES string of the molecule is O=C(Cc1ccc2c(c1)CCCC2)N1CCC1. The second kappa shape index (κ2) is 4.52. The number of aryl methyl sites for hydroxylation is 2. The van der Waals surface area contributed by atoms with E-state index >= 15 is 0 Å². The summed E-state index contributed by atoms with van der Waals surface area (Å²) in [6, 6.07) is 6.63. The van der Waals surface area contributed by atoms with E-state index in [1.807, 2.05) is 4.90 Å². The van der Waals surface area contributed by atoms with Gasteiger partial charge in [-0.2, -0.15) is 0 Å². The van der Waals surface area contributed by atoms with Crippen LogP contribution in [0.3, 0.4) is 0 Å². The van der Waals surface area contributed by atoms with Crippen molar-refractivity contribution in [1.29, 1.82) is 0 Å². The molecular formula is C15H19NO. The molecule has 0 aromatic heterocycles. The molecule has 90 valence electrons. The van der Waals surface area contributed by atoms with Crippen LogP contribution in [0.15, 0.2) is 18.2 Å². The second-order valence-corrected chi connectivity index (χ2v) is 5.22. The first kappa shape index (κ1) is 10.8. The summed E-state index contributed by atoms with van der Waals surface area (Å²) in [6.07, 6.45) is 6.80. The fraction of sp³-hybridized carbons (Fsp3) is 0.533. The summed E-state index contributed by atoms with van der Waals surface area (Å²) in [4.78, 5) is 13.8. The number of benzene rings is 1. The number of hydrogen-bond acceptors (Lipinski definition) is 1. The van der Waals surface area contributed by atoms with Gasteiger partial charge in [0.2, 0.25) is 5.91 Å². The van der Waals surface area contributed by atoms with Crippen LogP contribution in [-0.2, 0) is 24.1 Å². The van der Waals surface area contributed by atoms with Crippen LogP contribution in [0.2, 0.25) is 0 Å². The summed E-state index contributed by atoms with van der Waals surface area (Å²) in [5, 5.41) is 0. The lowest BCUT2D eigenvalue weighted by Gasteiger charge is -2.31. The summed E-state index contributed by atoms with van der Waals surface area (Å²) >= 11 is 0. The van der Waals surface area contributed by atoms with Gasteiger partial charge in [-0.3, -0.25) is 4.79 Å². The van der Waals surface area contributed by atoms with E-state index in [1.54, 1.807) is 0 Å². The Labute approximate surface area is 103 Å². The van der Waals surface area contributed by atoms with Gasteiger partial charge in [0.05, 0.1) is 6.42 Å². The molecule has 1 aliphatic carbocycles. The number of carbonyl (C=O) groups excluding carboxylic acids is 1. The number of likely N-dealkylation sites (tertiary alicyclic amines) is 1. The van der Waals surface area contributed by atoms with Crippen molar-refractivity contribution in [3.8, 4) is 0 Å². The fourth-order valence-electron chi connectivity index (χ4n) is 2.75. The van der Waals surface area contributed by atoms with Crippen molar-refractivity contribution in [1.82, 2.24) is 4.90 Å². The molecule has 3 rings (SSSR count). The maximum absolute atomic E-state index is 11.9. The van der Waals surface area contributed by atoms with Gasteiger partial charge in [-0.15, -0.1) is 0 Å². The molecule has 1 aliphatic heterocycles. The minimum absolute atomic E-state index is 0.298. The molecule has 0 radical (unpaired) electrons. The van der Waals surface area contributed by atoms with Gasteiger partial charge in [-0.25, -0.2) is 0 Å². The Kier molecular flexibility index (Phi) is 2.87. The van der Waals surface area contributed by atoms with Crippen molar-refractivity contribution in [3.05, 3.63) is 34.9 Å². The molecule has 1 fully saturated rings. The van der Waals surface area contributed by atoms with Crippen LogP contribution in [0.5, 0.6) is 0 Å². The third kappa shape index (κ3) is 2.21. The Bertz CT molecular complexity index is 435. The van der Waals surface area contributed by atoms with Crippen LogP contribution in [-0.4, -0.2) is 23.9 Å². The van der Waals surface area contributed by atoms with Crippen LogP contribution in [0.4, 0.5) is 0 Å². The average molecular weight is 229 g/mol. The molecule has 0 unspecified atom stereocenters. The third-order valence-electron chi connectivity index (χ3n) is 3.98. The van der Waals surface area contributed by atoms with E-state index in [0.717, 1.165) is 13.1 Å². The van der Waals surface area contributed by atoms with Crippen molar-refractivity contribution in [2.24, 2.45) is 0 Å². The average Bonchev–Trinajstić information content (AvgIpc) is 2.26. The zero-order valence-corrected chi connectivity index (χ0v) is 10.2. The van der Waals surface area contributed by atoms with Gasteiger partial charge in [0.25, 0.3) is 0 Å². The highest BCUT2D eigenvalue weighted by molar-refractivity contribution is 5.79. The quantitative estimate of drug-likeness (QED) is 0.762. The predicted octanol–water partition coefficient (Wildman–Crippen LogP) is 2.34. The molecule has 0 atom stereocenters. The van der Waals surface area contributed by atoms with Gasteiger partial charge in [0.15, 0.2) is 0 Å². The number of fused-ring (bicyclic) bond motifs is 1. The van der Waals surface area contributed by atoms with Gasteiger partial charge in [0.1, 0.15) is 0 Å². The first-order chi connectivity index (χ1) is 8.33. The molecule has 1 heterocycles. The Balaban J connectivity index is 1.72. The van der Waals surface area contributed by atoms with E-state index in [4.69, 9.17) is 0 Å². The molecule has 17 heavy (non-hydrogen) atoms. The summed E-state index contributed by atoms with van der Waals surface area (Å²) < 4.78 is 0. The summed E-state index contributed by atoms with van der Waals surface area (Å²) in [7, 11) is 0. The largest absolute Gasteiger partial charge is 0.342 e. The van der Waals surface area contributed by atoms with Crippen molar-refractivity contribution >= 4 is 5.91 Å². The van der Waals surface area contributed by atoms with E-state index in [-0.39, 0.29) is 0 Å². The standard InChI is InChI=1S/C15H19NO/c17-15(16-8-3-9-16)11-12-6-7-13-4-1-2-5-14(13)10-12/h6-7,10H,1-5,8-9,11H2. The highest BCUT2D eigenvalue weighted by Gasteiger charge is 2.20. The molecule has 1 aromatic carbocycles. The summed E-state index contributed by atoms with van der Waals surface area (Å²) in [6.45, 7) is 1.92. The number of rotatable bonds is 2. The van der Waals surface area contributed by atoms with E-state index < -0.39 is 0 Å². The van der Waals surface area contributed by atoms with E-state index in [0.29, 0.717) is 12.3 Å². The maximum atomic E-state index is 11.9. The summed E-state index contributed by atoms with van der Waals surface area (Å²) in [5.41, 5.74) is 4.17. The smallest absolute Gasteiger partial charge is 0.226 e. The van der Waals surface area contributed by atoms with Gasteiger partial charge >= 0.3 is 0 Å². The first-order valence-electron chi connectivity index (χ1n) is 6.71. The predicted molar refractivity (Wildman–Crippen MR) is 68.0 cm³/mol. The molecule has 0 bridgehead atoms. The van der Waals surface area contributed by atoms with Crippen molar-refractivity contribution in [3.63, 3.8) is 0 Å². The number of amides is 1. The Morgan fingerprint density at radius 2 is 1.82 bits per heavy atom. The lowest BCUT2D eigenvalue weighted by molar-refractivity contribution is -0.133. The van der Waals surface area contributed by atoms with Crippen molar-refractivity contribution < 1.29 is 4.79 Å². The Morgan fingerprint density at radius 1 is 1.06 bits per heavy atom. The molecule has 2 aliphatic rings. The highest BCUT2D eigenvalue weighted by atomic mass is 16.2. The molecule has 0 saturated carbocycles. The first-order valence-corrected chi connectivity index (χ1v) is 6.71. The molecule has 1 aromatic rings. The summed E-state index contributed by atoms with van der Waals surface area (Å²) in [5.74, 6) is 0.298. The van der Waals surface area contributed by atoms with Crippen LogP contribution >= 0.6 is 0 Å². The lowest BCUT2D eigenvalue weighted by Crippen LogP contribution is -2.42. The van der Waals surface area contributed by atoms with E-state index in [2.05, 4.69) is 18.2 Å². The third-order valence-corrected chi connectivity index (χ3v) is 3.98. The molecular weight excluding hydrogens is 210 g/mol.